The van der Waals surface area contributed by atoms with Crippen LogP contribution in [0.1, 0.15) is 4.88 Å². The van der Waals surface area contributed by atoms with Gasteiger partial charge in [-0.1, -0.05) is 11.6 Å². The van der Waals surface area contributed by atoms with Crippen molar-refractivity contribution in [3.8, 4) is 10.6 Å². The number of carbonyl (C=O) groups is 1. The van der Waals surface area contributed by atoms with E-state index in [2.05, 4.69) is 15.5 Å². The van der Waals surface area contributed by atoms with E-state index in [4.69, 9.17) is 11.6 Å². The Bertz CT molecular complexity index is 1040. The Morgan fingerprint density at radius 2 is 2.08 bits per heavy atom. The second-order valence-corrected chi connectivity index (χ2v) is 10.7. The zero-order valence-corrected chi connectivity index (χ0v) is 17.0. The zero-order valence-electron chi connectivity index (χ0n) is 13.8. The predicted octanol–water partition coefficient (Wildman–Crippen LogP) is 3.42. The number of nitrogens with one attached hydrogen (secondary N) is 2. The number of hydrogen-bond acceptors (Lipinski definition) is 6. The van der Waals surface area contributed by atoms with Gasteiger partial charge in [-0.25, -0.2) is 8.42 Å². The normalized spacial score (nSPS) is 11.8. The average molecular weight is 431 g/mol. The second-order valence-electron chi connectivity index (χ2n) is 5.44. The number of rotatable bonds is 6. The third kappa shape index (κ3) is 4.15. The first-order chi connectivity index (χ1) is 12.3. The largest absolute Gasteiger partial charge is 0.308 e. The summed E-state index contributed by atoms with van der Waals surface area (Å²) in [5.41, 5.74) is 0.785. The van der Waals surface area contributed by atoms with Crippen molar-refractivity contribution in [2.75, 3.05) is 18.9 Å². The second kappa shape index (κ2) is 7.49. The first kappa shape index (κ1) is 19.1. The number of aromatic amines is 1. The maximum Gasteiger partial charge on any atom is 0.252 e. The lowest BCUT2D eigenvalue weighted by molar-refractivity contribution is -0.116. The van der Waals surface area contributed by atoms with Gasteiger partial charge < -0.3 is 5.32 Å². The lowest BCUT2D eigenvalue weighted by Crippen LogP contribution is -2.34. The van der Waals surface area contributed by atoms with Crippen LogP contribution in [0.25, 0.3) is 10.6 Å². The minimum absolute atomic E-state index is 0.0907. The van der Waals surface area contributed by atoms with E-state index in [0.717, 1.165) is 26.2 Å². The average Bonchev–Trinajstić information content (AvgIpc) is 3.28. The molecular weight excluding hydrogens is 416 g/mol. The van der Waals surface area contributed by atoms with Gasteiger partial charge in [-0.2, -0.15) is 9.40 Å². The van der Waals surface area contributed by atoms with Gasteiger partial charge >= 0.3 is 0 Å². The van der Waals surface area contributed by atoms with Gasteiger partial charge in [0.15, 0.2) is 5.82 Å². The molecule has 0 saturated carbocycles. The van der Waals surface area contributed by atoms with E-state index in [0.29, 0.717) is 10.2 Å². The standard InChI is InChI=1S/C15H15ClN4O3S3/c1-9-3-4-11(24-9)10-7-13(19-18-10)17-14(21)8-20(2)26(22,23)15-6-5-12(16)25-15/h3-7H,8H2,1-2H3,(H2,17,18,19,21). The molecule has 3 aromatic heterocycles. The van der Waals surface area contributed by atoms with E-state index in [1.54, 1.807) is 17.4 Å². The van der Waals surface area contributed by atoms with Crippen LogP contribution in [0.5, 0.6) is 0 Å². The molecule has 138 valence electrons. The number of aromatic nitrogens is 2. The molecule has 0 aromatic carbocycles. The lowest BCUT2D eigenvalue weighted by Gasteiger charge is -2.15. The molecule has 1 amide bonds. The molecule has 3 rings (SSSR count). The van der Waals surface area contributed by atoms with Gasteiger partial charge in [0.25, 0.3) is 10.0 Å². The van der Waals surface area contributed by atoms with Crippen molar-refractivity contribution in [2.24, 2.45) is 0 Å². The highest BCUT2D eigenvalue weighted by molar-refractivity contribution is 7.91. The molecule has 0 aliphatic rings. The summed E-state index contributed by atoms with van der Waals surface area (Å²) in [6.45, 7) is 1.67. The van der Waals surface area contributed by atoms with Crippen molar-refractivity contribution in [3.05, 3.63) is 39.5 Å². The molecule has 0 unspecified atom stereocenters. The fourth-order valence-electron chi connectivity index (χ4n) is 2.15. The van der Waals surface area contributed by atoms with Gasteiger partial charge in [0.05, 0.1) is 21.5 Å². The maximum atomic E-state index is 12.4. The van der Waals surface area contributed by atoms with E-state index in [-0.39, 0.29) is 10.8 Å². The number of thiophene rings is 2. The maximum absolute atomic E-state index is 12.4. The fourth-order valence-corrected chi connectivity index (χ4v) is 5.81. The van der Waals surface area contributed by atoms with Crippen LogP contribution < -0.4 is 5.32 Å². The van der Waals surface area contributed by atoms with E-state index < -0.39 is 15.9 Å². The lowest BCUT2D eigenvalue weighted by atomic mass is 10.3. The van der Waals surface area contributed by atoms with Crippen LogP contribution in [0.3, 0.4) is 0 Å². The molecule has 3 aromatic rings. The SMILES string of the molecule is Cc1ccc(-c2cc(NC(=O)CN(C)S(=O)(=O)c3ccc(Cl)s3)n[nH]2)s1. The van der Waals surface area contributed by atoms with Crippen LogP contribution >= 0.6 is 34.3 Å². The van der Waals surface area contributed by atoms with Crippen molar-refractivity contribution in [1.82, 2.24) is 14.5 Å². The number of aryl methyl sites for hydroxylation is 1. The summed E-state index contributed by atoms with van der Waals surface area (Å²) < 4.78 is 26.2. The Labute approximate surface area is 163 Å². The molecule has 0 aliphatic carbocycles. The number of carbonyl (C=O) groups excluding carboxylic acids is 1. The van der Waals surface area contributed by atoms with Crippen LogP contribution in [0.15, 0.2) is 34.5 Å². The van der Waals surface area contributed by atoms with Gasteiger partial charge in [0.1, 0.15) is 4.21 Å². The summed E-state index contributed by atoms with van der Waals surface area (Å²) >= 11 is 8.33. The van der Waals surface area contributed by atoms with Crippen molar-refractivity contribution >= 4 is 56.0 Å². The smallest absolute Gasteiger partial charge is 0.252 e. The Hall–Kier alpha value is -1.72. The van der Waals surface area contributed by atoms with Gasteiger partial charge in [0.2, 0.25) is 5.91 Å². The molecule has 3 heterocycles. The molecular formula is C15H15ClN4O3S3. The summed E-state index contributed by atoms with van der Waals surface area (Å²) in [6, 6.07) is 8.59. The summed E-state index contributed by atoms with van der Waals surface area (Å²) in [6.07, 6.45) is 0. The Morgan fingerprint density at radius 3 is 2.69 bits per heavy atom. The number of H-pyrrole nitrogens is 1. The number of nitrogens with zero attached hydrogens (tertiary/aromatic N) is 2. The molecule has 0 spiro atoms. The van der Waals surface area contributed by atoms with E-state index in [1.165, 1.54) is 24.1 Å². The Balaban J connectivity index is 1.64. The molecule has 0 aliphatic heterocycles. The first-order valence-corrected chi connectivity index (χ1v) is 10.8. The van der Waals surface area contributed by atoms with Crippen LogP contribution in [0, 0.1) is 6.92 Å². The highest BCUT2D eigenvalue weighted by Gasteiger charge is 2.25. The Kier molecular flexibility index (Phi) is 5.49. The van der Waals surface area contributed by atoms with Crippen LogP contribution in [0.4, 0.5) is 5.82 Å². The van der Waals surface area contributed by atoms with E-state index >= 15 is 0 Å². The van der Waals surface area contributed by atoms with Crippen molar-refractivity contribution in [3.63, 3.8) is 0 Å². The molecule has 0 bridgehead atoms. The summed E-state index contributed by atoms with van der Waals surface area (Å²) in [5.74, 6) is -0.153. The highest BCUT2D eigenvalue weighted by Crippen LogP contribution is 2.28. The number of halogens is 1. The molecule has 26 heavy (non-hydrogen) atoms. The topological polar surface area (TPSA) is 95.2 Å². The number of likely N-dealkylation sites (N-methyl/N-ethyl adjacent to an activating group) is 1. The van der Waals surface area contributed by atoms with Gasteiger partial charge in [-0.3, -0.25) is 9.89 Å². The minimum Gasteiger partial charge on any atom is -0.308 e. The van der Waals surface area contributed by atoms with Crippen LogP contribution in [-0.2, 0) is 14.8 Å². The number of hydrogen-bond donors (Lipinski definition) is 2. The monoisotopic (exact) mass is 430 g/mol. The zero-order chi connectivity index (χ0) is 18.9. The van der Waals surface area contributed by atoms with Crippen LogP contribution in [0.2, 0.25) is 4.34 Å². The molecule has 2 N–H and O–H groups in total. The van der Waals surface area contributed by atoms with E-state index in [1.807, 2.05) is 19.1 Å². The summed E-state index contributed by atoms with van der Waals surface area (Å²) in [5, 5.41) is 9.49. The molecule has 0 atom stereocenters. The summed E-state index contributed by atoms with van der Waals surface area (Å²) in [7, 11) is -2.42. The number of anilines is 1. The molecule has 0 radical (unpaired) electrons. The quantitative estimate of drug-likeness (QED) is 0.626. The molecule has 7 nitrogen and oxygen atoms in total. The van der Waals surface area contributed by atoms with Gasteiger partial charge in [-0.05, 0) is 31.2 Å². The fraction of sp³-hybridized carbons (Fsp3) is 0.200. The number of sulfonamides is 1. The Morgan fingerprint density at radius 1 is 1.31 bits per heavy atom. The van der Waals surface area contributed by atoms with Crippen molar-refractivity contribution < 1.29 is 13.2 Å². The first-order valence-electron chi connectivity index (χ1n) is 7.39. The van der Waals surface area contributed by atoms with Crippen molar-refractivity contribution in [2.45, 2.75) is 11.1 Å². The summed E-state index contributed by atoms with van der Waals surface area (Å²) in [4.78, 5) is 14.3. The van der Waals surface area contributed by atoms with E-state index in [9.17, 15) is 13.2 Å². The third-order valence-corrected chi connectivity index (χ3v) is 7.97. The van der Waals surface area contributed by atoms with Gasteiger partial charge in [0, 0.05) is 18.0 Å². The highest BCUT2D eigenvalue weighted by atomic mass is 35.5. The minimum atomic E-state index is -3.76. The van der Waals surface area contributed by atoms with Crippen molar-refractivity contribution in [1.29, 1.82) is 0 Å². The molecule has 0 saturated heterocycles. The molecule has 0 fully saturated rings. The van der Waals surface area contributed by atoms with Crippen LogP contribution in [-0.4, -0.2) is 42.4 Å². The predicted molar refractivity (Wildman–Crippen MR) is 104 cm³/mol. The third-order valence-electron chi connectivity index (χ3n) is 3.43. The van der Waals surface area contributed by atoms with Gasteiger partial charge in [-0.15, -0.1) is 22.7 Å². The molecule has 11 heteroatoms. The number of amides is 1.